The van der Waals surface area contributed by atoms with E-state index in [4.69, 9.17) is 10.7 Å². The second-order valence-corrected chi connectivity index (χ2v) is 8.07. The summed E-state index contributed by atoms with van der Waals surface area (Å²) in [5, 5.41) is 0. The van der Waals surface area contributed by atoms with Gasteiger partial charge in [-0.3, -0.25) is 4.79 Å². The summed E-state index contributed by atoms with van der Waals surface area (Å²) in [5.41, 5.74) is 0.701. The van der Waals surface area contributed by atoms with E-state index >= 15 is 0 Å². The molecule has 6 heteroatoms. The van der Waals surface area contributed by atoms with Crippen LogP contribution in [0.3, 0.4) is 0 Å². The normalized spacial score (nSPS) is 12.3. The van der Waals surface area contributed by atoms with E-state index in [1.807, 2.05) is 20.8 Å². The molecule has 1 aromatic rings. The maximum atomic E-state index is 12.5. The average Bonchev–Trinajstić information content (AvgIpc) is 2.35. The molecule has 1 aromatic carbocycles. The second kappa shape index (κ2) is 5.74. The van der Waals surface area contributed by atoms with E-state index in [2.05, 4.69) is 0 Å². The van der Waals surface area contributed by atoms with Crippen LogP contribution < -0.4 is 0 Å². The van der Waals surface area contributed by atoms with Crippen LogP contribution >= 0.6 is 10.7 Å². The summed E-state index contributed by atoms with van der Waals surface area (Å²) in [5.74, 6) is -0.220. The Hall–Kier alpha value is -1.07. The first kappa shape index (κ1) is 17.0. The van der Waals surface area contributed by atoms with Crippen LogP contribution in [-0.4, -0.2) is 31.8 Å². The molecule has 0 aliphatic carbocycles. The summed E-state index contributed by atoms with van der Waals surface area (Å²) in [4.78, 5) is 14.0. The number of carbonyl (C=O) groups excluding carboxylic acids is 1. The van der Waals surface area contributed by atoms with E-state index in [0.29, 0.717) is 11.1 Å². The summed E-state index contributed by atoms with van der Waals surface area (Å²) in [6.45, 7) is 7.64. The SMILES string of the molecule is CCC(C)(C)N(C)C(=O)c1cc(C)cc(S(=O)(=O)Cl)c1. The number of nitrogens with zero attached hydrogens (tertiary/aromatic N) is 1. The molecule has 1 rings (SSSR count). The van der Waals surface area contributed by atoms with Gasteiger partial charge in [-0.15, -0.1) is 0 Å². The molecule has 0 heterocycles. The van der Waals surface area contributed by atoms with Gasteiger partial charge in [0.25, 0.3) is 15.0 Å². The third kappa shape index (κ3) is 3.73. The van der Waals surface area contributed by atoms with Crippen molar-refractivity contribution in [2.24, 2.45) is 0 Å². The Bertz CT molecular complexity index is 623. The van der Waals surface area contributed by atoms with Gasteiger partial charge in [-0.05, 0) is 51.0 Å². The van der Waals surface area contributed by atoms with Gasteiger partial charge in [-0.1, -0.05) is 6.92 Å². The molecule has 0 radical (unpaired) electrons. The Morgan fingerprint density at radius 2 is 1.85 bits per heavy atom. The Kier molecular flexibility index (Phi) is 4.87. The van der Waals surface area contributed by atoms with E-state index in [9.17, 15) is 13.2 Å². The van der Waals surface area contributed by atoms with E-state index in [-0.39, 0.29) is 16.3 Å². The summed E-state index contributed by atoms with van der Waals surface area (Å²) in [6, 6.07) is 4.43. The number of amides is 1. The Morgan fingerprint density at radius 1 is 1.30 bits per heavy atom. The van der Waals surface area contributed by atoms with Crippen LogP contribution in [-0.2, 0) is 9.05 Å². The first-order chi connectivity index (χ1) is 8.99. The molecule has 0 atom stereocenters. The molecule has 4 nitrogen and oxygen atoms in total. The van der Waals surface area contributed by atoms with Crippen LogP contribution in [0.5, 0.6) is 0 Å². The fourth-order valence-corrected chi connectivity index (χ4v) is 2.58. The predicted molar refractivity (Wildman–Crippen MR) is 80.7 cm³/mol. The summed E-state index contributed by atoms with van der Waals surface area (Å²) < 4.78 is 22.8. The molecule has 1 amide bonds. The highest BCUT2D eigenvalue weighted by Crippen LogP contribution is 2.23. The minimum atomic E-state index is -3.85. The number of halogens is 1. The van der Waals surface area contributed by atoms with Crippen molar-refractivity contribution in [3.05, 3.63) is 29.3 Å². The minimum Gasteiger partial charge on any atom is -0.337 e. The molecule has 0 unspecified atom stereocenters. The van der Waals surface area contributed by atoms with E-state index in [0.717, 1.165) is 6.42 Å². The lowest BCUT2D eigenvalue weighted by molar-refractivity contribution is 0.0620. The zero-order valence-electron chi connectivity index (χ0n) is 12.4. The highest BCUT2D eigenvalue weighted by molar-refractivity contribution is 8.13. The third-order valence-electron chi connectivity index (χ3n) is 3.66. The maximum Gasteiger partial charge on any atom is 0.261 e. The zero-order valence-corrected chi connectivity index (χ0v) is 14.0. The van der Waals surface area contributed by atoms with Crippen LogP contribution in [0.25, 0.3) is 0 Å². The van der Waals surface area contributed by atoms with Crippen LogP contribution in [0.1, 0.15) is 43.1 Å². The van der Waals surface area contributed by atoms with Crippen molar-refractivity contribution in [3.63, 3.8) is 0 Å². The molecule has 0 saturated heterocycles. The molecule has 0 saturated carbocycles. The van der Waals surface area contributed by atoms with Crippen molar-refractivity contribution >= 4 is 25.6 Å². The van der Waals surface area contributed by atoms with Crippen molar-refractivity contribution in [2.75, 3.05) is 7.05 Å². The average molecular weight is 318 g/mol. The van der Waals surface area contributed by atoms with Gasteiger partial charge in [0.05, 0.1) is 4.90 Å². The van der Waals surface area contributed by atoms with Crippen LogP contribution in [0.2, 0.25) is 0 Å². The van der Waals surface area contributed by atoms with Gasteiger partial charge in [0, 0.05) is 28.8 Å². The molecule has 0 aliphatic rings. The Labute approximate surface area is 125 Å². The largest absolute Gasteiger partial charge is 0.337 e. The molecule has 0 aromatic heterocycles. The van der Waals surface area contributed by atoms with E-state index in [1.165, 1.54) is 12.1 Å². The van der Waals surface area contributed by atoms with Crippen molar-refractivity contribution in [1.82, 2.24) is 4.90 Å². The highest BCUT2D eigenvalue weighted by Gasteiger charge is 2.27. The van der Waals surface area contributed by atoms with Crippen molar-refractivity contribution in [3.8, 4) is 0 Å². The van der Waals surface area contributed by atoms with Gasteiger partial charge in [0.2, 0.25) is 0 Å². The van der Waals surface area contributed by atoms with Gasteiger partial charge in [0.15, 0.2) is 0 Å². The maximum absolute atomic E-state index is 12.5. The lowest BCUT2D eigenvalue weighted by Gasteiger charge is -2.35. The fraction of sp³-hybridized carbons (Fsp3) is 0.500. The second-order valence-electron chi connectivity index (χ2n) is 5.50. The smallest absolute Gasteiger partial charge is 0.261 e. The number of carbonyl (C=O) groups is 1. The molecule has 0 bridgehead atoms. The molecule has 0 spiro atoms. The lowest BCUT2D eigenvalue weighted by Crippen LogP contribution is -2.44. The monoisotopic (exact) mass is 317 g/mol. The van der Waals surface area contributed by atoms with Crippen LogP contribution in [0, 0.1) is 6.92 Å². The van der Waals surface area contributed by atoms with Crippen molar-refractivity contribution in [2.45, 2.75) is 44.6 Å². The Balaban J connectivity index is 3.28. The molecule has 0 aliphatic heterocycles. The van der Waals surface area contributed by atoms with Gasteiger partial charge < -0.3 is 4.90 Å². The number of aryl methyl sites for hydroxylation is 1. The molecule has 0 fully saturated rings. The standard InChI is InChI=1S/C14H20ClNO3S/c1-6-14(3,4)16(5)13(17)11-7-10(2)8-12(9-11)20(15,18)19/h7-9H,6H2,1-5H3. The van der Waals surface area contributed by atoms with Crippen LogP contribution in [0.15, 0.2) is 23.1 Å². The summed E-state index contributed by atoms with van der Waals surface area (Å²) in [6.07, 6.45) is 0.793. The summed E-state index contributed by atoms with van der Waals surface area (Å²) in [7, 11) is 3.22. The number of benzene rings is 1. The molecular formula is C14H20ClNO3S. The quantitative estimate of drug-likeness (QED) is 0.801. The first-order valence-electron chi connectivity index (χ1n) is 6.33. The highest BCUT2D eigenvalue weighted by atomic mass is 35.7. The van der Waals surface area contributed by atoms with Gasteiger partial charge in [-0.2, -0.15) is 0 Å². The van der Waals surface area contributed by atoms with Gasteiger partial charge in [0.1, 0.15) is 0 Å². The number of hydrogen-bond donors (Lipinski definition) is 0. The number of hydrogen-bond acceptors (Lipinski definition) is 3. The fourth-order valence-electron chi connectivity index (χ4n) is 1.72. The molecular weight excluding hydrogens is 298 g/mol. The van der Waals surface area contributed by atoms with E-state index in [1.54, 1.807) is 24.9 Å². The molecule has 112 valence electrons. The van der Waals surface area contributed by atoms with Crippen molar-refractivity contribution < 1.29 is 13.2 Å². The number of rotatable bonds is 4. The minimum absolute atomic E-state index is 0.0507. The van der Waals surface area contributed by atoms with Crippen molar-refractivity contribution in [1.29, 1.82) is 0 Å². The van der Waals surface area contributed by atoms with Crippen LogP contribution in [0.4, 0.5) is 0 Å². The zero-order chi connectivity index (χ0) is 15.7. The predicted octanol–water partition coefficient (Wildman–Crippen LogP) is 3.18. The lowest BCUT2D eigenvalue weighted by atomic mass is 9.98. The third-order valence-corrected chi connectivity index (χ3v) is 4.99. The van der Waals surface area contributed by atoms with E-state index < -0.39 is 9.05 Å². The Morgan fingerprint density at radius 3 is 2.30 bits per heavy atom. The summed E-state index contributed by atoms with van der Waals surface area (Å²) >= 11 is 0. The topological polar surface area (TPSA) is 54.5 Å². The van der Waals surface area contributed by atoms with Gasteiger partial charge in [-0.25, -0.2) is 8.42 Å². The molecule has 0 N–H and O–H groups in total. The van der Waals surface area contributed by atoms with Gasteiger partial charge >= 0.3 is 0 Å². The molecule has 20 heavy (non-hydrogen) atoms. The first-order valence-corrected chi connectivity index (χ1v) is 8.64.